The van der Waals surface area contributed by atoms with E-state index in [9.17, 15) is 9.59 Å². The van der Waals surface area contributed by atoms with Crippen molar-refractivity contribution in [3.8, 4) is 11.9 Å². The molecule has 2 heterocycles. The van der Waals surface area contributed by atoms with Crippen LogP contribution in [-0.2, 0) is 9.59 Å². The molecule has 1 aromatic rings. The minimum atomic E-state index is -0.255. The van der Waals surface area contributed by atoms with E-state index in [1.807, 2.05) is 0 Å². The Kier molecular flexibility index (Phi) is 2.72. The number of allylic oxidation sites excluding steroid dienone is 2. The summed E-state index contributed by atoms with van der Waals surface area (Å²) in [6, 6.07) is 1.54. The highest BCUT2D eigenvalue weighted by Crippen LogP contribution is 2.53. The SMILES string of the molecule is COc1cc(N2C(=O)[C@@H]3[C@@H](C2=O)[C@H]2C=C[C@@H]3C2)nc(OC)n1. The van der Waals surface area contributed by atoms with Gasteiger partial charge in [0.1, 0.15) is 0 Å². The van der Waals surface area contributed by atoms with Gasteiger partial charge in [0.15, 0.2) is 5.82 Å². The lowest BCUT2D eigenvalue weighted by molar-refractivity contribution is -0.123. The number of aromatic nitrogens is 2. The van der Waals surface area contributed by atoms with Crippen LogP contribution < -0.4 is 14.4 Å². The van der Waals surface area contributed by atoms with Gasteiger partial charge in [0.05, 0.1) is 26.1 Å². The molecular formula is C15H15N3O4. The molecule has 2 amide bonds. The number of imide groups is 1. The lowest BCUT2D eigenvalue weighted by Gasteiger charge is -2.17. The van der Waals surface area contributed by atoms with Crippen molar-refractivity contribution in [2.45, 2.75) is 6.42 Å². The van der Waals surface area contributed by atoms with E-state index in [4.69, 9.17) is 9.47 Å². The fraction of sp³-hybridized carbons (Fsp3) is 0.467. The molecule has 1 saturated carbocycles. The van der Waals surface area contributed by atoms with Crippen molar-refractivity contribution in [1.29, 1.82) is 0 Å². The maximum absolute atomic E-state index is 12.7. The minimum absolute atomic E-state index is 0.0631. The summed E-state index contributed by atoms with van der Waals surface area (Å²) in [6.45, 7) is 0. The van der Waals surface area contributed by atoms with Crippen LogP contribution in [0.15, 0.2) is 18.2 Å². The number of fused-ring (bicyclic) bond motifs is 5. The van der Waals surface area contributed by atoms with Crippen molar-refractivity contribution in [3.05, 3.63) is 18.2 Å². The molecule has 7 nitrogen and oxygen atoms in total. The van der Waals surface area contributed by atoms with Gasteiger partial charge >= 0.3 is 6.01 Å². The van der Waals surface area contributed by atoms with E-state index in [1.54, 1.807) is 0 Å². The van der Waals surface area contributed by atoms with Crippen molar-refractivity contribution in [1.82, 2.24) is 9.97 Å². The number of ether oxygens (including phenoxy) is 2. The van der Waals surface area contributed by atoms with Gasteiger partial charge in [-0.1, -0.05) is 12.2 Å². The number of anilines is 1. The number of hydrogen-bond donors (Lipinski definition) is 0. The normalized spacial score (nSPS) is 31.8. The zero-order valence-corrected chi connectivity index (χ0v) is 12.2. The second kappa shape index (κ2) is 4.53. The maximum atomic E-state index is 12.7. The monoisotopic (exact) mass is 301 g/mol. The number of methoxy groups -OCH3 is 2. The standard InChI is InChI=1S/C15H15N3O4/c1-21-10-6-9(16-15(17-10)22-2)18-13(19)11-7-3-4-8(5-7)12(11)14(18)20/h3-4,6-8,11-12H,5H2,1-2H3/t7-,8+,11-,12-/m0/s1. The lowest BCUT2D eigenvalue weighted by atomic mass is 9.85. The predicted octanol–water partition coefficient (Wildman–Crippen LogP) is 0.805. The first-order chi connectivity index (χ1) is 10.6. The van der Waals surface area contributed by atoms with E-state index in [0.717, 1.165) is 11.3 Å². The van der Waals surface area contributed by atoms with Gasteiger partial charge in [-0.3, -0.25) is 9.59 Å². The summed E-state index contributed by atoms with van der Waals surface area (Å²) in [5, 5.41) is 0. The number of hydrogen-bond acceptors (Lipinski definition) is 6. The van der Waals surface area contributed by atoms with Gasteiger partial charge < -0.3 is 9.47 Å². The van der Waals surface area contributed by atoms with E-state index in [0.29, 0.717) is 0 Å². The Bertz CT molecular complexity index is 650. The van der Waals surface area contributed by atoms with Crippen molar-refractivity contribution < 1.29 is 19.1 Å². The van der Waals surface area contributed by atoms with E-state index in [-0.39, 0.29) is 53.2 Å². The molecule has 4 rings (SSSR count). The quantitative estimate of drug-likeness (QED) is 0.607. The van der Waals surface area contributed by atoms with Crippen molar-refractivity contribution in [3.63, 3.8) is 0 Å². The Morgan fingerprint density at radius 2 is 1.68 bits per heavy atom. The average Bonchev–Trinajstić information content (AvgIpc) is 3.20. The second-order valence-corrected chi connectivity index (χ2v) is 5.77. The minimum Gasteiger partial charge on any atom is -0.481 e. The van der Waals surface area contributed by atoms with Crippen LogP contribution in [0.1, 0.15) is 6.42 Å². The van der Waals surface area contributed by atoms with Gasteiger partial charge in [0, 0.05) is 6.07 Å². The lowest BCUT2D eigenvalue weighted by Crippen LogP contribution is -2.33. The van der Waals surface area contributed by atoms with E-state index in [2.05, 4.69) is 22.1 Å². The largest absolute Gasteiger partial charge is 0.481 e. The van der Waals surface area contributed by atoms with Gasteiger partial charge in [-0.25, -0.2) is 4.90 Å². The van der Waals surface area contributed by atoms with Crippen LogP contribution in [0.25, 0.3) is 0 Å². The molecule has 1 saturated heterocycles. The molecule has 2 fully saturated rings. The van der Waals surface area contributed by atoms with E-state index < -0.39 is 0 Å². The molecule has 0 aromatic carbocycles. The van der Waals surface area contributed by atoms with Crippen molar-refractivity contribution in [2.24, 2.45) is 23.7 Å². The molecule has 7 heteroatoms. The summed E-state index contributed by atoms with van der Waals surface area (Å²) in [7, 11) is 2.88. The molecule has 2 aliphatic carbocycles. The fourth-order valence-electron chi connectivity index (χ4n) is 3.83. The van der Waals surface area contributed by atoms with Crippen molar-refractivity contribution in [2.75, 3.05) is 19.1 Å². The van der Waals surface area contributed by atoms with Gasteiger partial charge in [0.2, 0.25) is 17.7 Å². The van der Waals surface area contributed by atoms with Gasteiger partial charge in [-0.2, -0.15) is 9.97 Å². The Morgan fingerprint density at radius 1 is 1.05 bits per heavy atom. The summed E-state index contributed by atoms with van der Waals surface area (Å²) in [5.41, 5.74) is 0. The van der Waals surface area contributed by atoms with Crippen LogP contribution in [0.2, 0.25) is 0 Å². The summed E-state index contributed by atoms with van der Waals surface area (Å²) in [4.78, 5) is 34.7. The van der Waals surface area contributed by atoms with Crippen LogP contribution in [0.3, 0.4) is 0 Å². The number of carbonyl (C=O) groups excluding carboxylic acids is 2. The Hall–Kier alpha value is -2.44. The molecule has 22 heavy (non-hydrogen) atoms. The highest BCUT2D eigenvalue weighted by molar-refractivity contribution is 6.22. The van der Waals surface area contributed by atoms with Crippen LogP contribution in [0, 0.1) is 23.7 Å². The van der Waals surface area contributed by atoms with Crippen LogP contribution in [-0.4, -0.2) is 36.0 Å². The third-order valence-corrected chi connectivity index (χ3v) is 4.76. The molecule has 0 N–H and O–H groups in total. The molecule has 3 aliphatic rings. The number of nitrogens with zero attached hydrogens (tertiary/aromatic N) is 3. The first-order valence-electron chi connectivity index (χ1n) is 7.17. The molecule has 0 radical (unpaired) electrons. The number of amides is 2. The van der Waals surface area contributed by atoms with Crippen LogP contribution in [0.4, 0.5) is 5.82 Å². The fourth-order valence-corrected chi connectivity index (χ4v) is 3.83. The topological polar surface area (TPSA) is 81.6 Å². The molecular weight excluding hydrogens is 286 g/mol. The Balaban J connectivity index is 1.75. The molecule has 0 spiro atoms. The highest BCUT2D eigenvalue weighted by Gasteiger charge is 2.60. The van der Waals surface area contributed by atoms with Crippen molar-refractivity contribution >= 4 is 17.6 Å². The van der Waals surface area contributed by atoms with Gasteiger partial charge in [0.25, 0.3) is 0 Å². The summed E-state index contributed by atoms with van der Waals surface area (Å²) >= 11 is 0. The average molecular weight is 301 g/mol. The summed E-state index contributed by atoms with van der Waals surface area (Å²) in [6.07, 6.45) is 5.01. The molecule has 114 valence electrons. The molecule has 2 bridgehead atoms. The maximum Gasteiger partial charge on any atom is 0.321 e. The molecule has 0 unspecified atom stereocenters. The Labute approximate surface area is 126 Å². The van der Waals surface area contributed by atoms with Gasteiger partial charge in [-0.15, -0.1) is 0 Å². The third-order valence-electron chi connectivity index (χ3n) is 4.76. The zero-order chi connectivity index (χ0) is 15.4. The summed E-state index contributed by atoms with van der Waals surface area (Å²) in [5.74, 6) is -0.0783. The van der Waals surface area contributed by atoms with E-state index >= 15 is 0 Å². The third kappa shape index (κ3) is 1.62. The number of rotatable bonds is 3. The van der Waals surface area contributed by atoms with Crippen LogP contribution >= 0.6 is 0 Å². The Morgan fingerprint density at radius 3 is 2.23 bits per heavy atom. The first kappa shape index (κ1) is 13.2. The zero-order valence-electron chi connectivity index (χ0n) is 12.2. The van der Waals surface area contributed by atoms with Crippen LogP contribution in [0.5, 0.6) is 11.9 Å². The molecule has 1 aliphatic heterocycles. The smallest absolute Gasteiger partial charge is 0.321 e. The molecule has 4 atom stereocenters. The second-order valence-electron chi connectivity index (χ2n) is 5.77. The van der Waals surface area contributed by atoms with E-state index in [1.165, 1.54) is 20.3 Å². The first-order valence-corrected chi connectivity index (χ1v) is 7.17. The van der Waals surface area contributed by atoms with Gasteiger partial charge in [-0.05, 0) is 18.3 Å². The predicted molar refractivity (Wildman–Crippen MR) is 75.3 cm³/mol. The summed E-state index contributed by atoms with van der Waals surface area (Å²) < 4.78 is 10.1. The number of carbonyl (C=O) groups is 2. The molecule has 1 aromatic heterocycles. The highest BCUT2D eigenvalue weighted by atomic mass is 16.5.